The summed E-state index contributed by atoms with van der Waals surface area (Å²) in [5.74, 6) is 2.67. The number of aryl methyl sites for hydroxylation is 1. The Morgan fingerprint density at radius 3 is 2.53 bits per heavy atom. The minimum atomic E-state index is 0.578. The van der Waals surface area contributed by atoms with Crippen LogP contribution < -0.4 is 19.6 Å². The van der Waals surface area contributed by atoms with Crippen molar-refractivity contribution in [1.29, 1.82) is 0 Å². The zero-order chi connectivity index (χ0) is 21.1. The monoisotopic (exact) mass is 423 g/mol. The predicted octanol–water partition coefficient (Wildman–Crippen LogP) is 4.91. The first kappa shape index (κ1) is 19.9. The molecular weight excluding hydrogens is 402 g/mol. The highest BCUT2D eigenvalue weighted by atomic mass is 32.1. The summed E-state index contributed by atoms with van der Waals surface area (Å²) in [6.45, 7) is 4.43. The lowest BCUT2D eigenvalue weighted by Crippen LogP contribution is -2.04. The third-order valence-corrected chi connectivity index (χ3v) is 5.16. The molecule has 0 amide bonds. The summed E-state index contributed by atoms with van der Waals surface area (Å²) in [6, 6.07) is 13.2. The standard InChI is InChI=1S/C22H21N3O4S/c1-5-28-15-7-9-18-16(11-15)17(23-22-25-24-13(2)30-22)12-20(29-18)14-6-8-19(26-3)21(10-14)27-4/h6-12H,5H2,1-4H3. The summed E-state index contributed by atoms with van der Waals surface area (Å²) in [7, 11) is 3.21. The second-order valence-electron chi connectivity index (χ2n) is 6.37. The lowest BCUT2D eigenvalue weighted by atomic mass is 10.1. The fraction of sp³-hybridized carbons (Fsp3) is 0.227. The van der Waals surface area contributed by atoms with Gasteiger partial charge in [-0.1, -0.05) is 11.3 Å². The number of fused-ring (bicyclic) bond motifs is 1. The van der Waals surface area contributed by atoms with E-state index in [1.54, 1.807) is 14.2 Å². The van der Waals surface area contributed by atoms with E-state index in [-0.39, 0.29) is 0 Å². The van der Waals surface area contributed by atoms with E-state index in [9.17, 15) is 0 Å². The van der Waals surface area contributed by atoms with Crippen LogP contribution in [0.1, 0.15) is 11.9 Å². The highest BCUT2D eigenvalue weighted by Gasteiger charge is 2.11. The van der Waals surface area contributed by atoms with Gasteiger partial charge in [-0.2, -0.15) is 0 Å². The molecule has 0 spiro atoms. The van der Waals surface area contributed by atoms with Gasteiger partial charge in [0.15, 0.2) is 11.5 Å². The van der Waals surface area contributed by atoms with Crippen LogP contribution in [0.5, 0.6) is 17.2 Å². The molecule has 2 aromatic heterocycles. The van der Waals surface area contributed by atoms with E-state index in [4.69, 9.17) is 23.6 Å². The number of ether oxygens (including phenoxy) is 3. The van der Waals surface area contributed by atoms with Crippen molar-refractivity contribution in [3.63, 3.8) is 0 Å². The lowest BCUT2D eigenvalue weighted by molar-refractivity contribution is 0.340. The normalized spacial score (nSPS) is 11.7. The molecule has 8 heteroatoms. The highest BCUT2D eigenvalue weighted by Crippen LogP contribution is 2.33. The molecule has 154 valence electrons. The van der Waals surface area contributed by atoms with E-state index in [2.05, 4.69) is 10.2 Å². The van der Waals surface area contributed by atoms with Crippen molar-refractivity contribution in [1.82, 2.24) is 10.2 Å². The van der Waals surface area contributed by atoms with E-state index in [1.165, 1.54) is 11.3 Å². The molecule has 0 unspecified atom stereocenters. The van der Waals surface area contributed by atoms with Gasteiger partial charge in [0, 0.05) is 17.0 Å². The van der Waals surface area contributed by atoms with Gasteiger partial charge in [-0.05, 0) is 50.2 Å². The van der Waals surface area contributed by atoms with Crippen molar-refractivity contribution in [2.75, 3.05) is 20.8 Å². The van der Waals surface area contributed by atoms with E-state index in [0.29, 0.717) is 34.6 Å². The molecule has 7 nitrogen and oxygen atoms in total. The van der Waals surface area contributed by atoms with Crippen molar-refractivity contribution >= 4 is 27.4 Å². The van der Waals surface area contributed by atoms with Crippen molar-refractivity contribution in [3.8, 4) is 28.6 Å². The first-order valence-corrected chi connectivity index (χ1v) is 10.2. The summed E-state index contributed by atoms with van der Waals surface area (Å²) >= 11 is 1.43. The molecule has 0 radical (unpaired) electrons. The van der Waals surface area contributed by atoms with Gasteiger partial charge >= 0.3 is 0 Å². The molecule has 4 aromatic rings. The summed E-state index contributed by atoms with van der Waals surface area (Å²) in [5, 5.41) is 11.2. The minimum Gasteiger partial charge on any atom is -0.494 e. The summed E-state index contributed by atoms with van der Waals surface area (Å²) in [6.07, 6.45) is 0. The minimum absolute atomic E-state index is 0.578. The van der Waals surface area contributed by atoms with E-state index in [0.717, 1.165) is 27.1 Å². The fourth-order valence-corrected chi connectivity index (χ4v) is 3.63. The smallest absolute Gasteiger partial charge is 0.232 e. The molecule has 0 atom stereocenters. The molecule has 0 fully saturated rings. The molecule has 2 heterocycles. The molecule has 0 aliphatic heterocycles. The van der Waals surface area contributed by atoms with Crippen LogP contribution in [-0.4, -0.2) is 31.0 Å². The van der Waals surface area contributed by atoms with Gasteiger partial charge < -0.3 is 18.6 Å². The number of hydrogen-bond acceptors (Lipinski definition) is 8. The molecule has 0 saturated heterocycles. The Morgan fingerprint density at radius 1 is 1.00 bits per heavy atom. The summed E-state index contributed by atoms with van der Waals surface area (Å²) < 4.78 is 22.6. The van der Waals surface area contributed by atoms with Crippen LogP contribution in [0.3, 0.4) is 0 Å². The summed E-state index contributed by atoms with van der Waals surface area (Å²) in [4.78, 5) is 4.73. The van der Waals surface area contributed by atoms with Crippen molar-refractivity contribution in [2.24, 2.45) is 4.99 Å². The average Bonchev–Trinajstić information content (AvgIpc) is 3.18. The van der Waals surface area contributed by atoms with E-state index >= 15 is 0 Å². The first-order chi connectivity index (χ1) is 14.6. The topological polar surface area (TPSA) is 79.0 Å². The van der Waals surface area contributed by atoms with Crippen molar-refractivity contribution in [3.05, 3.63) is 52.8 Å². The molecule has 0 aliphatic carbocycles. The number of methoxy groups -OCH3 is 2. The Morgan fingerprint density at radius 2 is 1.83 bits per heavy atom. The molecule has 4 rings (SSSR count). The number of hydrogen-bond donors (Lipinski definition) is 0. The van der Waals surface area contributed by atoms with Crippen LogP contribution in [0, 0.1) is 6.92 Å². The predicted molar refractivity (Wildman–Crippen MR) is 116 cm³/mol. The zero-order valence-corrected chi connectivity index (χ0v) is 17.9. The number of nitrogens with zero attached hydrogens (tertiary/aromatic N) is 3. The Labute approximate surface area is 177 Å². The van der Waals surface area contributed by atoms with Gasteiger partial charge in [0.1, 0.15) is 22.1 Å². The lowest BCUT2D eigenvalue weighted by Gasteiger charge is -2.10. The number of benzene rings is 2. The Balaban J connectivity index is 1.94. The second kappa shape index (κ2) is 8.54. The Bertz CT molecular complexity index is 1260. The number of aromatic nitrogens is 2. The van der Waals surface area contributed by atoms with Crippen LogP contribution in [-0.2, 0) is 0 Å². The zero-order valence-electron chi connectivity index (χ0n) is 17.1. The van der Waals surface area contributed by atoms with Crippen LogP contribution in [0.2, 0.25) is 0 Å². The molecule has 2 aromatic carbocycles. The summed E-state index contributed by atoms with van der Waals surface area (Å²) in [5.41, 5.74) is 1.53. The molecule has 30 heavy (non-hydrogen) atoms. The maximum Gasteiger partial charge on any atom is 0.232 e. The van der Waals surface area contributed by atoms with Crippen LogP contribution in [0.4, 0.5) is 5.13 Å². The Hall–Kier alpha value is -3.39. The maximum absolute atomic E-state index is 6.19. The van der Waals surface area contributed by atoms with E-state index in [1.807, 2.05) is 56.3 Å². The Kier molecular flexibility index (Phi) is 5.67. The van der Waals surface area contributed by atoms with Crippen LogP contribution >= 0.6 is 11.3 Å². The first-order valence-electron chi connectivity index (χ1n) is 9.39. The van der Waals surface area contributed by atoms with Crippen LogP contribution in [0.15, 0.2) is 51.9 Å². The molecule has 0 saturated carbocycles. The average molecular weight is 423 g/mol. The van der Waals surface area contributed by atoms with Gasteiger partial charge in [-0.3, -0.25) is 0 Å². The van der Waals surface area contributed by atoms with Gasteiger partial charge in [-0.25, -0.2) is 4.99 Å². The van der Waals surface area contributed by atoms with Crippen LogP contribution in [0.25, 0.3) is 22.3 Å². The molecule has 0 aliphatic rings. The highest BCUT2D eigenvalue weighted by molar-refractivity contribution is 7.14. The van der Waals surface area contributed by atoms with Gasteiger partial charge in [-0.15, -0.1) is 10.2 Å². The van der Waals surface area contributed by atoms with Crippen molar-refractivity contribution in [2.45, 2.75) is 13.8 Å². The molecule has 0 bridgehead atoms. The molecule has 0 N–H and O–H groups in total. The van der Waals surface area contributed by atoms with Gasteiger partial charge in [0.2, 0.25) is 5.13 Å². The quantitative estimate of drug-likeness (QED) is 0.439. The third kappa shape index (κ3) is 3.99. The second-order valence-corrected chi connectivity index (χ2v) is 7.53. The van der Waals surface area contributed by atoms with Gasteiger partial charge in [0.25, 0.3) is 0 Å². The third-order valence-electron chi connectivity index (χ3n) is 4.43. The van der Waals surface area contributed by atoms with Crippen molar-refractivity contribution < 1.29 is 18.6 Å². The molecular formula is C22H21N3O4S. The fourth-order valence-electron chi connectivity index (χ4n) is 3.06. The maximum atomic E-state index is 6.19. The SMILES string of the molecule is CCOc1ccc2oc(-c3ccc(OC)c(OC)c3)cc(=Nc3nnc(C)s3)c2c1. The largest absolute Gasteiger partial charge is 0.494 e. The van der Waals surface area contributed by atoms with Gasteiger partial charge in [0.05, 0.1) is 26.2 Å². The van der Waals surface area contributed by atoms with E-state index < -0.39 is 0 Å². The number of rotatable bonds is 6.